The number of anilines is 2. The van der Waals surface area contributed by atoms with E-state index in [4.69, 9.17) is 4.74 Å². The Morgan fingerprint density at radius 1 is 1.04 bits per heavy atom. The highest BCUT2D eigenvalue weighted by Crippen LogP contribution is 2.49. The largest absolute Gasteiger partial charge is 0.497 e. The second-order valence-electron chi connectivity index (χ2n) is 7.92. The number of carbonyl (C=O) groups is 2. The van der Waals surface area contributed by atoms with Gasteiger partial charge in [-0.05, 0) is 61.3 Å². The van der Waals surface area contributed by atoms with E-state index in [1.807, 2.05) is 18.2 Å². The highest BCUT2D eigenvalue weighted by molar-refractivity contribution is 6.10. The maximum absolute atomic E-state index is 12.8. The lowest BCUT2D eigenvalue weighted by atomic mass is 9.86. The third-order valence-electron chi connectivity index (χ3n) is 6.11. The average molecular weight is 378 g/mol. The van der Waals surface area contributed by atoms with Gasteiger partial charge in [-0.15, -0.1) is 0 Å². The van der Waals surface area contributed by atoms with Gasteiger partial charge < -0.3 is 15.4 Å². The Hall–Kier alpha value is -2.82. The summed E-state index contributed by atoms with van der Waals surface area (Å²) in [6.07, 6.45) is 5.61. The fourth-order valence-electron chi connectivity index (χ4n) is 4.76. The zero-order chi connectivity index (χ0) is 19.5. The van der Waals surface area contributed by atoms with E-state index in [1.165, 1.54) is 25.7 Å². The number of para-hydroxylation sites is 1. The maximum Gasteiger partial charge on any atom is 0.257 e. The number of benzene rings is 2. The summed E-state index contributed by atoms with van der Waals surface area (Å²) in [5, 5.41) is 5.83. The van der Waals surface area contributed by atoms with Crippen molar-refractivity contribution in [2.75, 3.05) is 17.7 Å². The minimum absolute atomic E-state index is 0.000759. The van der Waals surface area contributed by atoms with Gasteiger partial charge in [0.25, 0.3) is 5.91 Å². The van der Waals surface area contributed by atoms with Crippen LogP contribution in [-0.4, -0.2) is 18.9 Å². The van der Waals surface area contributed by atoms with Crippen LogP contribution < -0.4 is 15.4 Å². The third kappa shape index (κ3) is 4.03. The highest BCUT2D eigenvalue weighted by Gasteiger charge is 2.40. The molecule has 146 valence electrons. The van der Waals surface area contributed by atoms with Gasteiger partial charge in [0.05, 0.1) is 18.4 Å². The van der Waals surface area contributed by atoms with Crippen LogP contribution >= 0.6 is 0 Å². The number of methoxy groups -OCH3 is 1. The van der Waals surface area contributed by atoms with Gasteiger partial charge in [-0.25, -0.2) is 0 Å². The van der Waals surface area contributed by atoms with Crippen molar-refractivity contribution in [3.8, 4) is 5.75 Å². The van der Waals surface area contributed by atoms with E-state index in [9.17, 15) is 9.59 Å². The van der Waals surface area contributed by atoms with Gasteiger partial charge in [0.15, 0.2) is 0 Å². The van der Waals surface area contributed by atoms with Crippen molar-refractivity contribution in [1.29, 1.82) is 0 Å². The van der Waals surface area contributed by atoms with E-state index in [-0.39, 0.29) is 11.8 Å². The number of amides is 2. The summed E-state index contributed by atoms with van der Waals surface area (Å²) in [7, 11) is 1.59. The summed E-state index contributed by atoms with van der Waals surface area (Å²) in [5.74, 6) is 2.44. The summed E-state index contributed by atoms with van der Waals surface area (Å²) in [6, 6.07) is 14.3. The number of hydrogen-bond donors (Lipinski definition) is 2. The first-order chi connectivity index (χ1) is 13.6. The lowest BCUT2D eigenvalue weighted by Gasteiger charge is -2.21. The van der Waals surface area contributed by atoms with E-state index in [1.54, 1.807) is 37.4 Å². The Balaban J connectivity index is 1.42. The lowest BCUT2D eigenvalue weighted by molar-refractivity contribution is -0.117. The van der Waals surface area contributed by atoms with E-state index in [0.29, 0.717) is 40.9 Å². The van der Waals surface area contributed by atoms with Crippen molar-refractivity contribution in [3.63, 3.8) is 0 Å². The predicted molar refractivity (Wildman–Crippen MR) is 110 cm³/mol. The van der Waals surface area contributed by atoms with Crippen LogP contribution in [0.2, 0.25) is 0 Å². The van der Waals surface area contributed by atoms with E-state index >= 15 is 0 Å². The standard InChI is InChI=1S/C23H26N2O3/c1-28-19-6-4-5-18(14-19)24-23(27)20-7-2-3-8-21(20)25-22(26)13-17-12-15-9-10-16(17)11-15/h2-8,14-17H,9-13H2,1H3,(H,24,27)(H,25,26)/t15-,16-,17+/m0/s1. The molecule has 2 amide bonds. The molecule has 0 unspecified atom stereocenters. The molecule has 0 aliphatic heterocycles. The number of fused-ring (bicyclic) bond motifs is 2. The van der Waals surface area contributed by atoms with Crippen molar-refractivity contribution in [3.05, 3.63) is 54.1 Å². The Kier molecular flexibility index (Phi) is 5.33. The van der Waals surface area contributed by atoms with Crippen LogP contribution in [0.3, 0.4) is 0 Å². The highest BCUT2D eigenvalue weighted by atomic mass is 16.5. The number of carbonyl (C=O) groups excluding carboxylic acids is 2. The summed E-state index contributed by atoms with van der Waals surface area (Å²) in [6.45, 7) is 0. The van der Waals surface area contributed by atoms with Gasteiger partial charge in [-0.1, -0.05) is 24.6 Å². The first-order valence-electron chi connectivity index (χ1n) is 9.96. The first kappa shape index (κ1) is 18.5. The molecule has 5 heteroatoms. The third-order valence-corrected chi connectivity index (χ3v) is 6.11. The fourth-order valence-corrected chi connectivity index (χ4v) is 4.76. The molecule has 2 aliphatic carbocycles. The molecule has 0 spiro atoms. The van der Waals surface area contributed by atoms with Gasteiger partial charge in [-0.2, -0.15) is 0 Å². The molecule has 2 fully saturated rings. The molecule has 2 bridgehead atoms. The molecular weight excluding hydrogens is 352 g/mol. The van der Waals surface area contributed by atoms with Crippen molar-refractivity contribution in [1.82, 2.24) is 0 Å². The fraction of sp³-hybridized carbons (Fsp3) is 0.391. The van der Waals surface area contributed by atoms with Gasteiger partial charge in [-0.3, -0.25) is 9.59 Å². The van der Waals surface area contributed by atoms with Crippen molar-refractivity contribution in [2.45, 2.75) is 32.1 Å². The van der Waals surface area contributed by atoms with Crippen LogP contribution in [-0.2, 0) is 4.79 Å². The van der Waals surface area contributed by atoms with Crippen molar-refractivity contribution >= 4 is 23.2 Å². The quantitative estimate of drug-likeness (QED) is 0.765. The first-order valence-corrected chi connectivity index (χ1v) is 9.96. The van der Waals surface area contributed by atoms with Gasteiger partial charge in [0.1, 0.15) is 5.75 Å². The normalized spacial score (nSPS) is 22.7. The Morgan fingerprint density at radius 2 is 1.89 bits per heavy atom. The molecule has 5 nitrogen and oxygen atoms in total. The Labute approximate surface area is 165 Å². The molecular formula is C23H26N2O3. The minimum atomic E-state index is -0.260. The molecule has 2 saturated carbocycles. The van der Waals surface area contributed by atoms with E-state index < -0.39 is 0 Å². The topological polar surface area (TPSA) is 67.4 Å². The molecule has 0 saturated heterocycles. The van der Waals surface area contributed by atoms with Crippen LogP contribution in [0.25, 0.3) is 0 Å². The summed E-state index contributed by atoms with van der Waals surface area (Å²) >= 11 is 0. The molecule has 2 aromatic rings. The zero-order valence-electron chi connectivity index (χ0n) is 16.1. The van der Waals surface area contributed by atoms with Crippen LogP contribution in [0.5, 0.6) is 5.75 Å². The molecule has 0 radical (unpaired) electrons. The Bertz CT molecular complexity index is 880. The molecule has 3 atom stereocenters. The minimum Gasteiger partial charge on any atom is -0.497 e. The molecule has 4 rings (SSSR count). The zero-order valence-corrected chi connectivity index (χ0v) is 16.1. The van der Waals surface area contributed by atoms with E-state index in [2.05, 4.69) is 10.6 Å². The number of nitrogens with one attached hydrogen (secondary N) is 2. The number of rotatable bonds is 6. The number of hydrogen-bond acceptors (Lipinski definition) is 3. The average Bonchev–Trinajstić information content (AvgIpc) is 3.31. The molecule has 0 heterocycles. The molecule has 2 aromatic carbocycles. The summed E-state index contributed by atoms with van der Waals surface area (Å²) < 4.78 is 5.19. The monoisotopic (exact) mass is 378 g/mol. The van der Waals surface area contributed by atoms with Crippen molar-refractivity contribution in [2.24, 2.45) is 17.8 Å². The smallest absolute Gasteiger partial charge is 0.257 e. The van der Waals surface area contributed by atoms with Crippen LogP contribution in [0.1, 0.15) is 42.5 Å². The SMILES string of the molecule is COc1cccc(NC(=O)c2ccccc2NC(=O)C[C@H]2C[C@H]3CC[C@H]2C3)c1. The molecule has 0 aromatic heterocycles. The summed E-state index contributed by atoms with van der Waals surface area (Å²) in [4.78, 5) is 25.4. The molecule has 2 aliphatic rings. The molecule has 28 heavy (non-hydrogen) atoms. The van der Waals surface area contributed by atoms with Gasteiger partial charge in [0.2, 0.25) is 5.91 Å². The van der Waals surface area contributed by atoms with Gasteiger partial charge in [0, 0.05) is 18.2 Å². The second-order valence-corrected chi connectivity index (χ2v) is 7.92. The molecule has 2 N–H and O–H groups in total. The maximum atomic E-state index is 12.8. The summed E-state index contributed by atoms with van der Waals surface area (Å²) in [5.41, 5.74) is 1.65. The second kappa shape index (κ2) is 8.05. The van der Waals surface area contributed by atoms with Crippen LogP contribution in [0, 0.1) is 17.8 Å². The van der Waals surface area contributed by atoms with Crippen molar-refractivity contribution < 1.29 is 14.3 Å². The lowest BCUT2D eigenvalue weighted by Crippen LogP contribution is -2.22. The van der Waals surface area contributed by atoms with Crippen LogP contribution in [0.4, 0.5) is 11.4 Å². The van der Waals surface area contributed by atoms with Gasteiger partial charge >= 0.3 is 0 Å². The van der Waals surface area contributed by atoms with Crippen LogP contribution in [0.15, 0.2) is 48.5 Å². The van der Waals surface area contributed by atoms with E-state index in [0.717, 1.165) is 5.92 Å². The predicted octanol–water partition coefficient (Wildman–Crippen LogP) is 4.71. The Morgan fingerprint density at radius 3 is 2.64 bits per heavy atom. The number of ether oxygens (including phenoxy) is 1.